The van der Waals surface area contributed by atoms with E-state index in [0.29, 0.717) is 10.9 Å². The quantitative estimate of drug-likeness (QED) is 0.458. The average Bonchev–Trinajstić information content (AvgIpc) is 3.47. The third-order valence-corrected chi connectivity index (χ3v) is 8.06. The Morgan fingerprint density at radius 3 is 2.45 bits per heavy atom. The Balaban J connectivity index is 1.67. The first kappa shape index (κ1) is 22.3. The molecule has 1 aromatic heterocycles. The van der Waals surface area contributed by atoms with E-state index in [-0.39, 0.29) is 23.8 Å². The molecule has 2 aliphatic rings. The lowest BCUT2D eigenvalue weighted by Crippen LogP contribution is -2.40. The maximum absolute atomic E-state index is 12.8. The first-order valence-corrected chi connectivity index (χ1v) is 12.6. The Morgan fingerprint density at radius 2 is 1.76 bits per heavy atom. The minimum Gasteiger partial charge on any atom is -0.497 e. The van der Waals surface area contributed by atoms with E-state index in [2.05, 4.69) is 10.6 Å². The molecule has 2 aromatic carbocycles. The van der Waals surface area contributed by atoms with Crippen molar-refractivity contribution in [3.05, 3.63) is 47.5 Å². The number of carbonyl (C=O) groups is 1. The van der Waals surface area contributed by atoms with Crippen molar-refractivity contribution in [2.24, 2.45) is 23.5 Å². The van der Waals surface area contributed by atoms with Gasteiger partial charge < -0.3 is 15.0 Å². The summed E-state index contributed by atoms with van der Waals surface area (Å²) in [5.74, 6) is 2.13. The second-order valence-electron chi connectivity index (χ2n) is 9.66. The first-order valence-electron chi connectivity index (χ1n) is 12.2. The normalized spacial score (nSPS) is 22.5. The number of amides is 1. The Labute approximate surface area is 200 Å². The number of halogens is 1. The number of imidazole rings is 1. The third kappa shape index (κ3) is 4.23. The zero-order chi connectivity index (χ0) is 22.9. The second-order valence-corrected chi connectivity index (χ2v) is 10.1. The van der Waals surface area contributed by atoms with Gasteiger partial charge >= 0.3 is 0 Å². The highest BCUT2D eigenvalue weighted by molar-refractivity contribution is 6.30. The molecular formula is C27H32ClN3O2. The number of nitrogens with zero attached hydrogens (tertiary/aromatic N) is 2. The topological polar surface area (TPSA) is 70.1 Å². The summed E-state index contributed by atoms with van der Waals surface area (Å²) in [4.78, 5) is 17.9. The van der Waals surface area contributed by atoms with Gasteiger partial charge in [-0.3, -0.25) is 4.79 Å². The summed E-state index contributed by atoms with van der Waals surface area (Å²) < 4.78 is 7.93. The molecule has 2 fully saturated rings. The van der Waals surface area contributed by atoms with Crippen LogP contribution in [0.15, 0.2) is 42.5 Å². The molecule has 2 aliphatic carbocycles. The second kappa shape index (κ2) is 9.38. The molecule has 5 rings (SSSR count). The molecule has 0 saturated heterocycles. The van der Waals surface area contributed by atoms with Crippen LogP contribution in [-0.4, -0.2) is 22.6 Å². The molecule has 0 aliphatic heterocycles. The first-order chi connectivity index (χ1) is 16.1. The Kier molecular flexibility index (Phi) is 6.33. The van der Waals surface area contributed by atoms with E-state index < -0.39 is 0 Å². The van der Waals surface area contributed by atoms with E-state index in [9.17, 15) is 4.79 Å². The molecule has 3 atom stereocenters. The van der Waals surface area contributed by atoms with Crippen molar-refractivity contribution < 1.29 is 9.53 Å². The van der Waals surface area contributed by atoms with Crippen molar-refractivity contribution in [2.75, 3.05) is 7.11 Å². The Hall–Kier alpha value is -2.53. The van der Waals surface area contributed by atoms with Crippen LogP contribution >= 0.6 is 11.6 Å². The highest BCUT2D eigenvalue weighted by atomic mass is 35.5. The molecule has 3 unspecified atom stereocenters. The number of ether oxygens (including phenoxy) is 1. The molecule has 0 bridgehead atoms. The van der Waals surface area contributed by atoms with Gasteiger partial charge in [0.15, 0.2) is 0 Å². The molecular weight excluding hydrogens is 434 g/mol. The van der Waals surface area contributed by atoms with Gasteiger partial charge in [0.2, 0.25) is 5.91 Å². The average molecular weight is 466 g/mol. The summed E-state index contributed by atoms with van der Waals surface area (Å²) >= 11 is 6.18. The number of hydrogen-bond donors (Lipinski definition) is 1. The van der Waals surface area contributed by atoms with Crippen molar-refractivity contribution >= 4 is 28.5 Å². The van der Waals surface area contributed by atoms with Gasteiger partial charge in [-0.2, -0.15) is 0 Å². The van der Waals surface area contributed by atoms with Crippen LogP contribution in [0, 0.1) is 17.8 Å². The standard InChI is InChI=1S/C27H32ClN3O2/c1-33-20-14-15-22-24(16-20)31(27(30-22)18-10-12-19(28)13-11-18)23-9-5-4-8-21(23)25(26(29)32)17-6-2-3-7-17/h10-17,21,23,25H,2-9H2,1H3,(H2,29,32). The van der Waals surface area contributed by atoms with Gasteiger partial charge in [-0.25, -0.2) is 4.98 Å². The van der Waals surface area contributed by atoms with Gasteiger partial charge in [0.05, 0.1) is 18.1 Å². The lowest BCUT2D eigenvalue weighted by Gasteiger charge is -2.40. The molecule has 6 heteroatoms. The monoisotopic (exact) mass is 465 g/mol. The van der Waals surface area contributed by atoms with Crippen LogP contribution in [0.4, 0.5) is 0 Å². The lowest BCUT2D eigenvalue weighted by molar-refractivity contribution is -0.126. The SMILES string of the molecule is COc1ccc2nc(-c3ccc(Cl)cc3)n(C3CCCCC3C(C(N)=O)C3CCCC3)c2c1. The number of benzene rings is 2. The maximum Gasteiger partial charge on any atom is 0.221 e. The summed E-state index contributed by atoms with van der Waals surface area (Å²) in [7, 11) is 1.69. The highest BCUT2D eigenvalue weighted by Gasteiger charge is 2.42. The van der Waals surface area contributed by atoms with E-state index in [1.807, 2.05) is 36.4 Å². The van der Waals surface area contributed by atoms with E-state index >= 15 is 0 Å². The molecule has 33 heavy (non-hydrogen) atoms. The van der Waals surface area contributed by atoms with Crippen molar-refractivity contribution in [3.63, 3.8) is 0 Å². The van der Waals surface area contributed by atoms with Crippen LogP contribution in [0.2, 0.25) is 5.02 Å². The summed E-state index contributed by atoms with van der Waals surface area (Å²) in [6, 6.07) is 14.1. The van der Waals surface area contributed by atoms with Gasteiger partial charge in [-0.05, 0) is 73.9 Å². The van der Waals surface area contributed by atoms with Crippen molar-refractivity contribution in [1.82, 2.24) is 9.55 Å². The molecule has 174 valence electrons. The summed E-state index contributed by atoms with van der Waals surface area (Å²) in [5, 5.41) is 0.702. The molecule has 1 heterocycles. The molecule has 5 nitrogen and oxygen atoms in total. The van der Waals surface area contributed by atoms with Gasteiger partial charge in [0.25, 0.3) is 0 Å². The molecule has 0 radical (unpaired) electrons. The maximum atomic E-state index is 12.8. The molecule has 0 spiro atoms. The summed E-state index contributed by atoms with van der Waals surface area (Å²) in [6.07, 6.45) is 8.95. The molecule has 2 saturated carbocycles. The fraction of sp³-hybridized carbons (Fsp3) is 0.481. The molecule has 3 aromatic rings. The number of fused-ring (bicyclic) bond motifs is 1. The van der Waals surface area contributed by atoms with Gasteiger partial charge in [-0.1, -0.05) is 37.3 Å². The van der Waals surface area contributed by atoms with Crippen LogP contribution in [0.1, 0.15) is 57.4 Å². The smallest absolute Gasteiger partial charge is 0.221 e. The summed E-state index contributed by atoms with van der Waals surface area (Å²) in [6.45, 7) is 0. The fourth-order valence-electron chi connectivity index (χ4n) is 6.33. The van der Waals surface area contributed by atoms with Crippen molar-refractivity contribution in [3.8, 4) is 17.1 Å². The zero-order valence-corrected chi connectivity index (χ0v) is 19.9. The molecule has 1 amide bonds. The van der Waals surface area contributed by atoms with Crippen molar-refractivity contribution in [1.29, 1.82) is 0 Å². The Bertz CT molecular complexity index is 1130. The van der Waals surface area contributed by atoms with Crippen LogP contribution in [0.3, 0.4) is 0 Å². The van der Waals surface area contributed by atoms with Crippen LogP contribution in [0.5, 0.6) is 5.75 Å². The number of methoxy groups -OCH3 is 1. The summed E-state index contributed by atoms with van der Waals surface area (Å²) in [5.41, 5.74) is 9.09. The number of aromatic nitrogens is 2. The van der Waals surface area contributed by atoms with Crippen LogP contribution in [0.25, 0.3) is 22.4 Å². The fourth-order valence-corrected chi connectivity index (χ4v) is 6.45. The zero-order valence-electron chi connectivity index (χ0n) is 19.2. The predicted molar refractivity (Wildman–Crippen MR) is 132 cm³/mol. The number of hydrogen-bond acceptors (Lipinski definition) is 3. The number of rotatable bonds is 6. The molecule has 2 N–H and O–H groups in total. The number of nitrogens with two attached hydrogens (primary N) is 1. The van der Waals surface area contributed by atoms with Crippen LogP contribution in [-0.2, 0) is 4.79 Å². The van der Waals surface area contributed by atoms with Crippen LogP contribution < -0.4 is 10.5 Å². The largest absolute Gasteiger partial charge is 0.497 e. The van der Waals surface area contributed by atoms with Gasteiger partial charge in [0, 0.05) is 28.6 Å². The number of primary amides is 1. The van der Waals surface area contributed by atoms with E-state index in [4.69, 9.17) is 27.1 Å². The third-order valence-electron chi connectivity index (χ3n) is 7.81. The van der Waals surface area contributed by atoms with Crippen molar-refractivity contribution in [2.45, 2.75) is 57.4 Å². The minimum absolute atomic E-state index is 0.0843. The van der Waals surface area contributed by atoms with E-state index in [0.717, 1.165) is 66.7 Å². The van der Waals surface area contributed by atoms with Gasteiger partial charge in [-0.15, -0.1) is 0 Å². The predicted octanol–water partition coefficient (Wildman–Crippen LogP) is 6.39. The highest BCUT2D eigenvalue weighted by Crippen LogP contribution is 2.47. The number of carbonyl (C=O) groups excluding carboxylic acids is 1. The van der Waals surface area contributed by atoms with E-state index in [1.165, 1.54) is 12.8 Å². The minimum atomic E-state index is -0.131. The van der Waals surface area contributed by atoms with E-state index in [1.54, 1.807) is 7.11 Å². The Morgan fingerprint density at radius 1 is 1.06 bits per heavy atom. The lowest BCUT2D eigenvalue weighted by atomic mass is 9.70. The van der Waals surface area contributed by atoms with Gasteiger partial charge in [0.1, 0.15) is 11.6 Å².